The maximum atomic E-state index is 11.1. The maximum absolute atomic E-state index is 11.1. The molecule has 0 aliphatic heterocycles. The third kappa shape index (κ3) is 11.4. The molecule has 0 saturated carbocycles. The Balaban J connectivity index is 0.000000238. The Morgan fingerprint density at radius 3 is 1.35 bits per heavy atom. The maximum Gasteiger partial charge on any atom is 0.343 e. The zero-order valence-electron chi connectivity index (χ0n) is 25.8. The van der Waals surface area contributed by atoms with Crippen LogP contribution in [0.1, 0.15) is 71.6 Å². The summed E-state index contributed by atoms with van der Waals surface area (Å²) in [7, 11) is 3.30. The van der Waals surface area contributed by atoms with E-state index in [1.807, 2.05) is 36.4 Å². The van der Waals surface area contributed by atoms with E-state index in [0.29, 0.717) is 22.9 Å². The minimum absolute atomic E-state index is 0.0938. The number of ether oxygens (including phenoxy) is 2. The van der Waals surface area contributed by atoms with Gasteiger partial charge in [-0.05, 0) is 38.1 Å². The van der Waals surface area contributed by atoms with Crippen molar-refractivity contribution in [3.05, 3.63) is 83.2 Å². The molecule has 10 nitrogen and oxygen atoms in total. The minimum Gasteiger partial charge on any atom is -0.477 e. The van der Waals surface area contributed by atoms with Gasteiger partial charge in [0, 0.05) is 14.1 Å². The van der Waals surface area contributed by atoms with Crippen molar-refractivity contribution in [1.29, 1.82) is 0 Å². The number of nitrogens with zero attached hydrogens (tertiary/aromatic N) is 4. The second kappa shape index (κ2) is 18.7. The summed E-state index contributed by atoms with van der Waals surface area (Å²) in [5.41, 5.74) is 1.06. The topological polar surface area (TPSA) is 129 Å². The van der Waals surface area contributed by atoms with Crippen LogP contribution >= 0.6 is 0 Å². The van der Waals surface area contributed by atoms with Crippen LogP contribution in [0.2, 0.25) is 8.87 Å². The smallest absolute Gasteiger partial charge is 0.343 e. The average Bonchev–Trinajstić information content (AvgIpc) is 3.42. The molecule has 0 aliphatic rings. The van der Waals surface area contributed by atoms with Crippen molar-refractivity contribution in [1.82, 2.24) is 19.6 Å². The fraction of sp³-hybridized carbons (Fsp3) is 0.375. The Morgan fingerprint density at radius 1 is 0.698 bits per heavy atom. The van der Waals surface area contributed by atoms with Gasteiger partial charge in [-0.2, -0.15) is 10.2 Å². The normalized spacial score (nSPS) is 10.2. The number of benzene rings is 2. The SMILES string of the molecule is CCC[CH2][Sn][CH2]CCC.Cc1nn(C)c(Oc2ccccc2)c1C(=O)O.Cc1nn(C)c(Oc2ccccc2)c1C(=O)O. The van der Waals surface area contributed by atoms with Gasteiger partial charge < -0.3 is 19.7 Å². The molecular formula is C32H42N4O6Sn. The van der Waals surface area contributed by atoms with E-state index in [4.69, 9.17) is 19.7 Å². The summed E-state index contributed by atoms with van der Waals surface area (Å²) in [6, 6.07) is 18.0. The number of rotatable bonds is 12. The van der Waals surface area contributed by atoms with Crippen LogP contribution in [-0.4, -0.2) is 62.9 Å². The molecule has 0 atom stereocenters. The molecule has 2 N–H and O–H groups in total. The zero-order chi connectivity index (χ0) is 31.8. The molecule has 2 aromatic heterocycles. The van der Waals surface area contributed by atoms with Crippen LogP contribution in [0.5, 0.6) is 23.3 Å². The number of carboxylic acid groups (broad SMARTS) is 2. The van der Waals surface area contributed by atoms with Crippen LogP contribution in [-0.2, 0) is 14.1 Å². The van der Waals surface area contributed by atoms with E-state index < -0.39 is 11.9 Å². The van der Waals surface area contributed by atoms with Gasteiger partial charge in [-0.15, -0.1) is 0 Å². The summed E-state index contributed by atoms with van der Waals surface area (Å²) in [4.78, 5) is 22.2. The Morgan fingerprint density at radius 2 is 1.05 bits per heavy atom. The molecule has 230 valence electrons. The van der Waals surface area contributed by atoms with Crippen molar-refractivity contribution in [2.45, 2.75) is 62.3 Å². The standard InChI is InChI=1S/2C12H12N2O3.2C4H9.Sn/c2*1-8-10(12(15)16)11(14(2)13-8)17-9-6-4-3-5-7-9;2*1-3-4-2;/h2*3-7H,1-2H3,(H,15,16);2*1,3-4H2,2H3;. The van der Waals surface area contributed by atoms with Crippen molar-refractivity contribution >= 4 is 33.1 Å². The first-order valence-corrected chi connectivity index (χ1v) is 18.3. The van der Waals surface area contributed by atoms with Gasteiger partial charge in [-0.1, -0.05) is 36.4 Å². The fourth-order valence-corrected chi connectivity index (χ4v) is 8.09. The summed E-state index contributed by atoms with van der Waals surface area (Å²) in [5, 5.41) is 26.3. The van der Waals surface area contributed by atoms with Crippen LogP contribution in [0.25, 0.3) is 0 Å². The molecule has 0 unspecified atom stereocenters. The van der Waals surface area contributed by atoms with Gasteiger partial charge in [0.25, 0.3) is 0 Å². The number of aryl methyl sites for hydroxylation is 4. The van der Waals surface area contributed by atoms with Crippen LogP contribution in [0.3, 0.4) is 0 Å². The first-order valence-electron chi connectivity index (χ1n) is 14.3. The Bertz CT molecular complexity index is 1310. The van der Waals surface area contributed by atoms with Crippen molar-refractivity contribution in [3.8, 4) is 23.3 Å². The molecule has 4 rings (SSSR count). The second-order valence-corrected chi connectivity index (χ2v) is 14.0. The molecule has 2 heterocycles. The molecule has 0 amide bonds. The molecule has 2 radical (unpaired) electrons. The number of carbonyl (C=O) groups is 2. The molecule has 11 heteroatoms. The predicted molar refractivity (Wildman–Crippen MR) is 168 cm³/mol. The van der Waals surface area contributed by atoms with Crippen LogP contribution in [0.4, 0.5) is 0 Å². The first-order chi connectivity index (χ1) is 20.6. The quantitative estimate of drug-likeness (QED) is 0.115. The molecule has 43 heavy (non-hydrogen) atoms. The van der Waals surface area contributed by atoms with Gasteiger partial charge in [-0.25, -0.2) is 19.0 Å². The van der Waals surface area contributed by atoms with Crippen molar-refractivity contribution < 1.29 is 29.3 Å². The van der Waals surface area contributed by atoms with E-state index in [1.165, 1.54) is 35.0 Å². The van der Waals surface area contributed by atoms with E-state index in [1.54, 1.807) is 61.1 Å². The summed E-state index contributed by atoms with van der Waals surface area (Å²) >= 11 is 0.149. The molecule has 0 aliphatic carbocycles. The molecule has 2 aromatic carbocycles. The summed E-state index contributed by atoms with van der Waals surface area (Å²) in [6.07, 6.45) is 5.84. The molecule has 0 spiro atoms. The van der Waals surface area contributed by atoms with Gasteiger partial charge in [0.2, 0.25) is 11.8 Å². The average molecular weight is 697 g/mol. The van der Waals surface area contributed by atoms with Crippen molar-refractivity contribution in [2.24, 2.45) is 14.1 Å². The number of carboxylic acids is 2. The summed E-state index contributed by atoms with van der Waals surface area (Å²) in [6.45, 7) is 7.86. The monoisotopic (exact) mass is 698 g/mol. The van der Waals surface area contributed by atoms with E-state index in [9.17, 15) is 9.59 Å². The number of hydrogen-bond acceptors (Lipinski definition) is 6. The van der Waals surface area contributed by atoms with Gasteiger partial charge in [0.1, 0.15) is 22.6 Å². The van der Waals surface area contributed by atoms with E-state index in [-0.39, 0.29) is 44.0 Å². The molecule has 4 aromatic rings. The van der Waals surface area contributed by atoms with Gasteiger partial charge in [-0.3, -0.25) is 0 Å². The molecule has 0 fully saturated rings. The molecular weight excluding hydrogens is 655 g/mol. The number of unbranched alkanes of at least 4 members (excludes halogenated alkanes) is 2. The Hall–Kier alpha value is -3.80. The number of hydrogen-bond donors (Lipinski definition) is 2. The van der Waals surface area contributed by atoms with Crippen LogP contribution in [0, 0.1) is 13.8 Å². The minimum atomic E-state index is -1.04. The number of para-hydroxylation sites is 2. The zero-order valence-corrected chi connectivity index (χ0v) is 28.7. The van der Waals surface area contributed by atoms with Crippen LogP contribution < -0.4 is 9.47 Å². The second-order valence-electron chi connectivity index (χ2n) is 9.68. The van der Waals surface area contributed by atoms with E-state index in [2.05, 4.69) is 24.0 Å². The third-order valence-corrected chi connectivity index (χ3v) is 10.1. The van der Waals surface area contributed by atoms with Crippen molar-refractivity contribution in [3.63, 3.8) is 0 Å². The van der Waals surface area contributed by atoms with Crippen LogP contribution in [0.15, 0.2) is 60.7 Å². The largest absolute Gasteiger partial charge is 0.477 e. The summed E-state index contributed by atoms with van der Waals surface area (Å²) < 4.78 is 17.2. The van der Waals surface area contributed by atoms with Gasteiger partial charge in [0.05, 0.1) is 11.4 Å². The van der Waals surface area contributed by atoms with Gasteiger partial charge >= 0.3 is 81.5 Å². The van der Waals surface area contributed by atoms with Crippen molar-refractivity contribution in [2.75, 3.05) is 0 Å². The molecule has 0 bridgehead atoms. The Labute approximate surface area is 263 Å². The van der Waals surface area contributed by atoms with E-state index in [0.717, 1.165) is 0 Å². The summed E-state index contributed by atoms with van der Waals surface area (Å²) in [5.74, 6) is -0.443. The number of aromatic carboxylic acids is 2. The fourth-order valence-electron chi connectivity index (χ4n) is 3.93. The molecule has 0 saturated heterocycles. The van der Waals surface area contributed by atoms with E-state index >= 15 is 0 Å². The Kier molecular flexibility index (Phi) is 15.4. The first kappa shape index (κ1) is 35.4. The third-order valence-electron chi connectivity index (χ3n) is 6.10. The predicted octanol–water partition coefficient (Wildman–Crippen LogP) is 7.57. The number of aromatic nitrogens is 4. The van der Waals surface area contributed by atoms with Gasteiger partial charge in [0.15, 0.2) is 0 Å².